The normalized spacial score (nSPS) is 15.1. The van der Waals surface area contributed by atoms with E-state index in [0.717, 1.165) is 41.4 Å². The zero-order chi connectivity index (χ0) is 19.9. The summed E-state index contributed by atoms with van der Waals surface area (Å²) in [5.41, 5.74) is 3.16. The Morgan fingerprint density at radius 3 is 2.36 bits per heavy atom. The number of ketones is 1. The molecule has 0 saturated heterocycles. The van der Waals surface area contributed by atoms with Crippen molar-refractivity contribution in [3.8, 4) is 11.5 Å². The van der Waals surface area contributed by atoms with Crippen molar-refractivity contribution in [2.45, 2.75) is 52.4 Å². The summed E-state index contributed by atoms with van der Waals surface area (Å²) in [5.74, 6) is 1.90. The molecule has 148 valence electrons. The number of allylic oxidation sites excluding steroid dienone is 1. The Kier molecular flexibility index (Phi) is 6.91. The third-order valence-corrected chi connectivity index (χ3v) is 5.60. The van der Waals surface area contributed by atoms with E-state index in [4.69, 9.17) is 4.74 Å². The van der Waals surface area contributed by atoms with Crippen LogP contribution in [-0.2, 0) is 0 Å². The van der Waals surface area contributed by atoms with Crippen LogP contribution in [0.1, 0.15) is 65.6 Å². The lowest BCUT2D eigenvalue weighted by Crippen LogP contribution is -2.10. The molecule has 0 radical (unpaired) electrons. The van der Waals surface area contributed by atoms with Crippen LogP contribution in [0.3, 0.4) is 0 Å². The van der Waals surface area contributed by atoms with Gasteiger partial charge in [0.05, 0.1) is 6.61 Å². The molecule has 0 aromatic heterocycles. The molecule has 1 aliphatic carbocycles. The van der Waals surface area contributed by atoms with E-state index in [1.54, 1.807) is 12.2 Å². The van der Waals surface area contributed by atoms with Crippen molar-refractivity contribution in [2.75, 3.05) is 6.61 Å². The molecule has 3 rings (SSSR count). The molecule has 3 heteroatoms. The van der Waals surface area contributed by atoms with Gasteiger partial charge >= 0.3 is 0 Å². The van der Waals surface area contributed by atoms with Gasteiger partial charge in [-0.1, -0.05) is 38.2 Å². The van der Waals surface area contributed by atoms with Gasteiger partial charge < -0.3 is 9.84 Å². The molecule has 2 aromatic rings. The zero-order valence-corrected chi connectivity index (χ0v) is 16.9. The second-order valence-corrected chi connectivity index (χ2v) is 7.87. The molecule has 3 nitrogen and oxygen atoms in total. The number of phenols is 1. The van der Waals surface area contributed by atoms with Crippen molar-refractivity contribution in [3.63, 3.8) is 0 Å². The average Bonchev–Trinajstić information content (AvgIpc) is 2.71. The van der Waals surface area contributed by atoms with Gasteiger partial charge in [0, 0.05) is 5.56 Å². The van der Waals surface area contributed by atoms with E-state index >= 15 is 0 Å². The van der Waals surface area contributed by atoms with E-state index in [2.05, 4.69) is 0 Å². The first-order chi connectivity index (χ1) is 13.5. The number of aryl methyl sites for hydroxylation is 2. The average molecular weight is 379 g/mol. The molecule has 1 aliphatic rings. The maximum Gasteiger partial charge on any atom is 0.185 e. The number of ether oxygens (including phenoxy) is 1. The number of benzene rings is 2. The Hall–Kier alpha value is -2.55. The topological polar surface area (TPSA) is 46.5 Å². The maximum absolute atomic E-state index is 12.4. The highest BCUT2D eigenvalue weighted by Crippen LogP contribution is 2.26. The van der Waals surface area contributed by atoms with Gasteiger partial charge in [0.15, 0.2) is 5.78 Å². The van der Waals surface area contributed by atoms with Crippen LogP contribution in [-0.4, -0.2) is 17.5 Å². The first kappa shape index (κ1) is 20.2. The zero-order valence-electron chi connectivity index (χ0n) is 16.9. The highest BCUT2D eigenvalue weighted by atomic mass is 16.5. The van der Waals surface area contributed by atoms with Gasteiger partial charge in [-0.15, -0.1) is 0 Å². The van der Waals surface area contributed by atoms with Gasteiger partial charge in [-0.05, 0) is 85.4 Å². The Labute approximate surface area is 168 Å². The van der Waals surface area contributed by atoms with Crippen LogP contribution in [0.15, 0.2) is 42.5 Å². The summed E-state index contributed by atoms with van der Waals surface area (Å²) in [6, 6.07) is 11.1. The van der Waals surface area contributed by atoms with E-state index < -0.39 is 0 Å². The molecule has 2 aromatic carbocycles. The molecule has 0 spiro atoms. The minimum Gasteiger partial charge on any atom is -0.507 e. The number of carbonyl (C=O) groups is 1. The van der Waals surface area contributed by atoms with Crippen LogP contribution in [0.4, 0.5) is 0 Å². The molecule has 0 atom stereocenters. The molecule has 0 amide bonds. The van der Waals surface area contributed by atoms with Crippen LogP contribution in [0.25, 0.3) is 6.08 Å². The van der Waals surface area contributed by atoms with Crippen LogP contribution in [0, 0.1) is 19.8 Å². The highest BCUT2D eigenvalue weighted by Gasteiger charge is 2.13. The third-order valence-electron chi connectivity index (χ3n) is 5.60. The lowest BCUT2D eigenvalue weighted by atomic mass is 9.87. The van der Waals surface area contributed by atoms with Crippen LogP contribution < -0.4 is 4.74 Å². The van der Waals surface area contributed by atoms with E-state index in [1.807, 2.05) is 50.2 Å². The van der Waals surface area contributed by atoms with Gasteiger partial charge in [0.1, 0.15) is 11.5 Å². The summed E-state index contributed by atoms with van der Waals surface area (Å²) in [7, 11) is 0. The lowest BCUT2D eigenvalue weighted by molar-refractivity contribution is 0.104. The SMILES string of the molecule is Cc1cc(C=CC(=O)c2ccc(OCCC3CCCCC3)cc2)cc(C)c1O. The van der Waals surface area contributed by atoms with Gasteiger partial charge in [-0.2, -0.15) is 0 Å². The fourth-order valence-electron chi connectivity index (χ4n) is 3.89. The summed E-state index contributed by atoms with van der Waals surface area (Å²) in [5, 5.41) is 9.84. The van der Waals surface area contributed by atoms with E-state index in [9.17, 15) is 9.90 Å². The maximum atomic E-state index is 12.4. The van der Waals surface area contributed by atoms with Crippen molar-refractivity contribution in [3.05, 3.63) is 64.7 Å². The summed E-state index contributed by atoms with van der Waals surface area (Å²) in [6.45, 7) is 4.46. The first-order valence-corrected chi connectivity index (χ1v) is 10.3. The monoisotopic (exact) mass is 378 g/mol. The summed E-state index contributed by atoms with van der Waals surface area (Å²) < 4.78 is 5.86. The van der Waals surface area contributed by atoms with Gasteiger partial charge in [-0.3, -0.25) is 4.79 Å². The Bertz CT molecular complexity index is 804. The number of phenolic OH excluding ortho intramolecular Hbond substituents is 1. The predicted octanol–water partition coefficient (Wildman–Crippen LogP) is 6.25. The van der Waals surface area contributed by atoms with Crippen molar-refractivity contribution >= 4 is 11.9 Å². The predicted molar refractivity (Wildman–Crippen MR) is 114 cm³/mol. The Morgan fingerprint density at radius 1 is 1.07 bits per heavy atom. The second kappa shape index (κ2) is 9.59. The summed E-state index contributed by atoms with van der Waals surface area (Å²) in [6.07, 6.45) is 11.3. The molecular weight excluding hydrogens is 348 g/mol. The number of hydrogen-bond acceptors (Lipinski definition) is 3. The summed E-state index contributed by atoms with van der Waals surface area (Å²) in [4.78, 5) is 12.4. The van der Waals surface area contributed by atoms with Crippen molar-refractivity contribution in [1.82, 2.24) is 0 Å². The number of aromatic hydroxyl groups is 1. The van der Waals surface area contributed by atoms with Crippen LogP contribution in [0.5, 0.6) is 11.5 Å². The highest BCUT2D eigenvalue weighted by molar-refractivity contribution is 6.06. The smallest absolute Gasteiger partial charge is 0.185 e. The van der Waals surface area contributed by atoms with E-state index in [1.165, 1.54) is 32.1 Å². The molecule has 1 fully saturated rings. The lowest BCUT2D eigenvalue weighted by Gasteiger charge is -2.21. The number of rotatable bonds is 7. The van der Waals surface area contributed by atoms with Gasteiger partial charge in [-0.25, -0.2) is 0 Å². The second-order valence-electron chi connectivity index (χ2n) is 7.87. The van der Waals surface area contributed by atoms with E-state index in [0.29, 0.717) is 11.3 Å². The van der Waals surface area contributed by atoms with Gasteiger partial charge in [0.25, 0.3) is 0 Å². The largest absolute Gasteiger partial charge is 0.507 e. The molecule has 0 bridgehead atoms. The minimum atomic E-state index is -0.0443. The minimum absolute atomic E-state index is 0.0443. The molecule has 1 saturated carbocycles. The molecule has 0 heterocycles. The number of hydrogen-bond donors (Lipinski definition) is 1. The quantitative estimate of drug-likeness (QED) is 0.457. The van der Waals surface area contributed by atoms with E-state index in [-0.39, 0.29) is 5.78 Å². The van der Waals surface area contributed by atoms with Crippen molar-refractivity contribution in [2.24, 2.45) is 5.92 Å². The molecule has 0 unspecified atom stereocenters. The fourth-order valence-corrected chi connectivity index (χ4v) is 3.89. The van der Waals surface area contributed by atoms with Gasteiger partial charge in [0.2, 0.25) is 0 Å². The van der Waals surface area contributed by atoms with Crippen molar-refractivity contribution < 1.29 is 14.6 Å². The Morgan fingerprint density at radius 2 is 1.71 bits per heavy atom. The molecular formula is C25H30O3. The molecule has 0 aliphatic heterocycles. The van der Waals surface area contributed by atoms with Crippen molar-refractivity contribution in [1.29, 1.82) is 0 Å². The number of carbonyl (C=O) groups excluding carboxylic acids is 1. The Balaban J connectivity index is 1.53. The molecule has 28 heavy (non-hydrogen) atoms. The first-order valence-electron chi connectivity index (χ1n) is 10.3. The van der Waals surface area contributed by atoms with Crippen LogP contribution >= 0.6 is 0 Å². The molecule has 1 N–H and O–H groups in total. The standard InChI is InChI=1S/C25H30O3/c1-18-16-21(17-19(2)25(18)27)8-13-24(26)22-9-11-23(12-10-22)28-15-14-20-6-4-3-5-7-20/h8-13,16-17,20,27H,3-7,14-15H2,1-2H3. The third kappa shape index (κ3) is 5.48. The van der Waals surface area contributed by atoms with Crippen LogP contribution in [0.2, 0.25) is 0 Å². The fraction of sp³-hybridized carbons (Fsp3) is 0.400. The summed E-state index contributed by atoms with van der Waals surface area (Å²) >= 11 is 0.